The zero-order valence-corrected chi connectivity index (χ0v) is 23.5. The summed E-state index contributed by atoms with van der Waals surface area (Å²) in [5.41, 5.74) is 0. The molecule has 45 heavy (non-hydrogen) atoms. The van der Waals surface area contributed by atoms with E-state index >= 15 is 0 Å². The summed E-state index contributed by atoms with van der Waals surface area (Å²) in [6.45, 7) is -3.39. The average molecular weight is 667 g/mol. The fourth-order valence-electron chi connectivity index (χ4n) is 5.55. The minimum atomic E-state index is -2.02. The van der Waals surface area contributed by atoms with Gasteiger partial charge in [-0.25, -0.2) is 0 Å². The molecular weight excluding hydrogens is 624 g/mol. The number of hydrogen-bond acceptors (Lipinski definition) is 21. The van der Waals surface area contributed by atoms with Gasteiger partial charge in [0.25, 0.3) is 0 Å². The maximum Gasteiger partial charge on any atom is 0.187 e. The summed E-state index contributed by atoms with van der Waals surface area (Å²) >= 11 is 0. The van der Waals surface area contributed by atoms with E-state index in [0.717, 1.165) is 0 Å². The molecule has 14 N–H and O–H groups in total. The van der Waals surface area contributed by atoms with E-state index in [9.17, 15) is 71.5 Å². The molecule has 2 unspecified atom stereocenters. The van der Waals surface area contributed by atoms with E-state index in [0.29, 0.717) is 0 Å². The standard InChI is InChI=1S/C24H42O21/c25-1-5-9(29)10(30)15(35)22(40-5)44-19-7(3-27)42-24(17(37)12(19)32)45-20-8(4-28)41-23(16(36)13(20)33)43-18-6(2-26)39-21(38)14(34)11(18)31/h5-38H,1-4H2/t5-,6-,7-,8-,9+,10+,11-,12-,13-,14-,15-,16-,17-,18-,19+,20+,21?,22+,23?,24+/m1/s1. The highest BCUT2D eigenvalue weighted by Gasteiger charge is 2.55. The van der Waals surface area contributed by atoms with E-state index < -0.39 is 149 Å². The molecule has 0 aromatic heterocycles. The predicted molar refractivity (Wildman–Crippen MR) is 134 cm³/mol. The number of hydrogen-bond donors (Lipinski definition) is 14. The summed E-state index contributed by atoms with van der Waals surface area (Å²) in [5.74, 6) is 0. The van der Waals surface area contributed by atoms with Crippen molar-refractivity contribution in [1.82, 2.24) is 0 Å². The van der Waals surface area contributed by atoms with Crippen LogP contribution in [0, 0.1) is 0 Å². The van der Waals surface area contributed by atoms with Gasteiger partial charge in [0.15, 0.2) is 25.2 Å². The molecule has 0 aromatic carbocycles. The van der Waals surface area contributed by atoms with Crippen LogP contribution >= 0.6 is 0 Å². The van der Waals surface area contributed by atoms with Gasteiger partial charge in [0.1, 0.15) is 97.7 Å². The van der Waals surface area contributed by atoms with Crippen molar-refractivity contribution in [2.45, 2.75) is 123 Å². The molecule has 0 aromatic rings. The lowest BCUT2D eigenvalue weighted by Gasteiger charge is -2.49. The Morgan fingerprint density at radius 3 is 1.02 bits per heavy atom. The van der Waals surface area contributed by atoms with Crippen LogP contribution in [-0.2, 0) is 33.2 Å². The SMILES string of the molecule is OC[C@H]1O[C@@H](O[C@@H]2[C@H](O)[C@@H](O)[C@H](O[C@@H]3[C@H](O)[C@@H](O)C(O[C@H]4[C@H](O)[C@@H](O)C(O)O[C@@H]4CO)O[C@@H]3CO)O[C@@H]2CO)[C@H](O)[C@@H](O)[C@H]1O. The van der Waals surface area contributed by atoms with Gasteiger partial charge in [-0.15, -0.1) is 0 Å². The minimum absolute atomic E-state index is 0.784. The molecule has 21 heteroatoms. The molecular formula is C24H42O21. The molecule has 4 saturated heterocycles. The van der Waals surface area contributed by atoms with Gasteiger partial charge in [0.05, 0.1) is 26.4 Å². The van der Waals surface area contributed by atoms with Crippen molar-refractivity contribution in [3.8, 4) is 0 Å². The fraction of sp³-hybridized carbons (Fsp3) is 1.00. The Hall–Kier alpha value is -0.840. The van der Waals surface area contributed by atoms with E-state index in [1.54, 1.807) is 0 Å². The van der Waals surface area contributed by atoms with Gasteiger partial charge in [0, 0.05) is 0 Å². The maximum atomic E-state index is 10.9. The predicted octanol–water partition coefficient (Wildman–Crippen LogP) is -9.75. The molecule has 21 nitrogen and oxygen atoms in total. The number of aliphatic hydroxyl groups excluding tert-OH is 14. The van der Waals surface area contributed by atoms with Gasteiger partial charge in [-0.2, -0.15) is 0 Å². The molecule has 0 aliphatic carbocycles. The van der Waals surface area contributed by atoms with Gasteiger partial charge < -0.3 is 105 Å². The normalized spacial score (nSPS) is 52.9. The Labute approximate surface area is 254 Å². The third kappa shape index (κ3) is 7.44. The lowest BCUT2D eigenvalue weighted by atomic mass is 9.95. The Morgan fingerprint density at radius 1 is 0.333 bits per heavy atom. The number of rotatable bonds is 10. The second kappa shape index (κ2) is 15.6. The van der Waals surface area contributed by atoms with E-state index in [4.69, 9.17) is 33.2 Å². The summed E-state index contributed by atoms with van der Waals surface area (Å²) in [6.07, 6.45) is -35.3. The molecule has 4 fully saturated rings. The molecule has 0 amide bonds. The molecule has 20 atom stereocenters. The largest absolute Gasteiger partial charge is 0.394 e. The lowest BCUT2D eigenvalue weighted by molar-refractivity contribution is -0.387. The van der Waals surface area contributed by atoms with E-state index in [2.05, 4.69) is 0 Å². The monoisotopic (exact) mass is 666 g/mol. The molecule has 4 aliphatic heterocycles. The second-order valence-electron chi connectivity index (χ2n) is 11.1. The summed E-state index contributed by atoms with van der Waals surface area (Å²) in [4.78, 5) is 0. The lowest BCUT2D eigenvalue weighted by Crippen LogP contribution is -2.67. The van der Waals surface area contributed by atoms with Crippen LogP contribution in [0.2, 0.25) is 0 Å². The first-order valence-electron chi connectivity index (χ1n) is 14.1. The molecule has 0 radical (unpaired) electrons. The van der Waals surface area contributed by atoms with Gasteiger partial charge >= 0.3 is 0 Å². The first-order chi connectivity index (χ1) is 21.3. The zero-order chi connectivity index (χ0) is 33.3. The Morgan fingerprint density at radius 2 is 0.644 bits per heavy atom. The van der Waals surface area contributed by atoms with Crippen LogP contribution in [-0.4, -0.2) is 221 Å². The Balaban J connectivity index is 1.43. The van der Waals surface area contributed by atoms with E-state index in [-0.39, 0.29) is 0 Å². The first-order valence-corrected chi connectivity index (χ1v) is 14.1. The smallest absolute Gasteiger partial charge is 0.187 e. The quantitative estimate of drug-likeness (QED) is 0.103. The van der Waals surface area contributed by atoms with Gasteiger partial charge in [0.2, 0.25) is 0 Å². The maximum absolute atomic E-state index is 10.9. The zero-order valence-electron chi connectivity index (χ0n) is 23.5. The molecule has 264 valence electrons. The van der Waals surface area contributed by atoms with Crippen molar-refractivity contribution in [2.24, 2.45) is 0 Å². The fourth-order valence-corrected chi connectivity index (χ4v) is 5.55. The average Bonchev–Trinajstić information content (AvgIpc) is 3.03. The van der Waals surface area contributed by atoms with Crippen LogP contribution in [0.15, 0.2) is 0 Å². The van der Waals surface area contributed by atoms with Crippen molar-refractivity contribution >= 4 is 0 Å². The van der Waals surface area contributed by atoms with Crippen molar-refractivity contribution in [2.75, 3.05) is 26.4 Å². The third-order valence-electron chi connectivity index (χ3n) is 8.20. The van der Waals surface area contributed by atoms with Gasteiger partial charge in [-0.3, -0.25) is 0 Å². The summed E-state index contributed by atoms with van der Waals surface area (Å²) in [6, 6.07) is 0. The van der Waals surface area contributed by atoms with Gasteiger partial charge in [-0.1, -0.05) is 0 Å². The first kappa shape index (κ1) is 37.0. The summed E-state index contributed by atoms with van der Waals surface area (Å²) in [7, 11) is 0. The molecule has 4 heterocycles. The second-order valence-corrected chi connectivity index (χ2v) is 11.1. The minimum Gasteiger partial charge on any atom is -0.394 e. The molecule has 0 saturated carbocycles. The van der Waals surface area contributed by atoms with Crippen LogP contribution in [0.3, 0.4) is 0 Å². The van der Waals surface area contributed by atoms with Crippen LogP contribution in [0.5, 0.6) is 0 Å². The van der Waals surface area contributed by atoms with Crippen LogP contribution in [0.1, 0.15) is 0 Å². The van der Waals surface area contributed by atoms with Gasteiger partial charge in [-0.05, 0) is 0 Å². The molecule has 0 spiro atoms. The molecule has 4 rings (SSSR count). The molecule has 0 bridgehead atoms. The van der Waals surface area contributed by atoms with Crippen LogP contribution in [0.4, 0.5) is 0 Å². The highest BCUT2D eigenvalue weighted by Crippen LogP contribution is 2.34. The Bertz CT molecular complexity index is 910. The Kier molecular flexibility index (Phi) is 12.8. The van der Waals surface area contributed by atoms with E-state index in [1.165, 1.54) is 0 Å². The van der Waals surface area contributed by atoms with Crippen molar-refractivity contribution in [3.05, 3.63) is 0 Å². The third-order valence-corrected chi connectivity index (χ3v) is 8.20. The number of ether oxygens (including phenoxy) is 7. The van der Waals surface area contributed by atoms with Crippen molar-refractivity contribution in [3.63, 3.8) is 0 Å². The number of aliphatic hydroxyl groups is 14. The summed E-state index contributed by atoms with van der Waals surface area (Å²) < 4.78 is 37.7. The van der Waals surface area contributed by atoms with Crippen molar-refractivity contribution < 1.29 is 105 Å². The topological polar surface area (TPSA) is 348 Å². The van der Waals surface area contributed by atoms with E-state index in [1.807, 2.05) is 0 Å². The highest BCUT2D eigenvalue weighted by molar-refractivity contribution is 4.97. The van der Waals surface area contributed by atoms with Crippen LogP contribution in [0.25, 0.3) is 0 Å². The highest BCUT2D eigenvalue weighted by atomic mass is 16.8. The van der Waals surface area contributed by atoms with Crippen molar-refractivity contribution in [1.29, 1.82) is 0 Å². The van der Waals surface area contributed by atoms with Crippen LogP contribution < -0.4 is 0 Å². The summed E-state index contributed by atoms with van der Waals surface area (Å²) in [5, 5.41) is 142. The molecule has 4 aliphatic rings.